The van der Waals surface area contributed by atoms with Gasteiger partial charge in [-0.05, 0) is 38.6 Å². The molecule has 17 heavy (non-hydrogen) atoms. The molecule has 0 saturated heterocycles. The van der Waals surface area contributed by atoms with E-state index in [1.54, 1.807) is 12.1 Å². The Kier molecular flexibility index (Phi) is 5.42. The molecule has 1 rings (SSSR count). The van der Waals surface area contributed by atoms with Crippen LogP contribution in [0, 0.1) is 6.92 Å². The number of nitrogens with one attached hydrogen (secondary N) is 2. The van der Waals surface area contributed by atoms with Gasteiger partial charge >= 0.3 is 0 Å². The van der Waals surface area contributed by atoms with E-state index >= 15 is 0 Å². The average Bonchev–Trinajstić information content (AvgIpc) is 2.28. The summed E-state index contributed by atoms with van der Waals surface area (Å²) < 4.78 is 0. The number of aromatic nitrogens is 1. The predicted molar refractivity (Wildman–Crippen MR) is 69.1 cm³/mol. The standard InChI is InChI=1S/C12H20N4O/c1-3-14-7-4-8-15-12-10(11(13)17)6-5-9(2)16-12/h5-6,14H,3-4,7-8H2,1-2H3,(H2,13,17)(H,15,16). The van der Waals surface area contributed by atoms with E-state index in [-0.39, 0.29) is 0 Å². The Morgan fingerprint density at radius 3 is 2.82 bits per heavy atom. The van der Waals surface area contributed by atoms with E-state index in [1.807, 2.05) is 6.92 Å². The van der Waals surface area contributed by atoms with E-state index in [9.17, 15) is 4.79 Å². The van der Waals surface area contributed by atoms with E-state index in [0.29, 0.717) is 11.4 Å². The maximum atomic E-state index is 11.2. The summed E-state index contributed by atoms with van der Waals surface area (Å²) in [6, 6.07) is 3.49. The summed E-state index contributed by atoms with van der Waals surface area (Å²) in [5, 5.41) is 6.37. The van der Waals surface area contributed by atoms with Gasteiger partial charge in [-0.1, -0.05) is 6.92 Å². The third-order valence-electron chi connectivity index (χ3n) is 2.37. The van der Waals surface area contributed by atoms with Crippen molar-refractivity contribution < 1.29 is 4.79 Å². The van der Waals surface area contributed by atoms with Crippen molar-refractivity contribution in [2.75, 3.05) is 25.0 Å². The molecule has 0 saturated carbocycles. The van der Waals surface area contributed by atoms with Crippen molar-refractivity contribution in [2.45, 2.75) is 20.3 Å². The minimum Gasteiger partial charge on any atom is -0.369 e. The molecule has 0 spiro atoms. The molecule has 0 unspecified atom stereocenters. The first kappa shape index (κ1) is 13.4. The van der Waals surface area contributed by atoms with Crippen molar-refractivity contribution >= 4 is 11.7 Å². The number of carbonyl (C=O) groups is 1. The highest BCUT2D eigenvalue weighted by Gasteiger charge is 2.08. The molecule has 0 aliphatic heterocycles. The fourth-order valence-electron chi connectivity index (χ4n) is 1.49. The zero-order chi connectivity index (χ0) is 12.7. The van der Waals surface area contributed by atoms with E-state index in [1.165, 1.54) is 0 Å². The quantitative estimate of drug-likeness (QED) is 0.614. The van der Waals surface area contributed by atoms with Crippen molar-refractivity contribution in [2.24, 2.45) is 5.73 Å². The zero-order valence-electron chi connectivity index (χ0n) is 10.4. The summed E-state index contributed by atoms with van der Waals surface area (Å²) in [4.78, 5) is 15.5. The number of hydrogen-bond donors (Lipinski definition) is 3. The Labute approximate surface area is 102 Å². The topological polar surface area (TPSA) is 80.0 Å². The number of aryl methyl sites for hydroxylation is 1. The number of nitrogens with zero attached hydrogens (tertiary/aromatic N) is 1. The van der Waals surface area contributed by atoms with Gasteiger partial charge in [0.15, 0.2) is 0 Å². The van der Waals surface area contributed by atoms with Gasteiger partial charge in [0.25, 0.3) is 5.91 Å². The molecule has 1 heterocycles. The molecule has 1 aromatic heterocycles. The Morgan fingerprint density at radius 1 is 1.41 bits per heavy atom. The van der Waals surface area contributed by atoms with Gasteiger partial charge in [0.05, 0.1) is 5.56 Å². The Bertz CT molecular complexity index is 379. The molecule has 0 atom stereocenters. The van der Waals surface area contributed by atoms with Crippen LogP contribution in [0.4, 0.5) is 5.82 Å². The third kappa shape index (κ3) is 4.40. The minimum atomic E-state index is -0.452. The molecule has 1 aromatic rings. The Balaban J connectivity index is 2.56. The van der Waals surface area contributed by atoms with Crippen molar-refractivity contribution in [1.82, 2.24) is 10.3 Å². The van der Waals surface area contributed by atoms with Crippen LogP contribution >= 0.6 is 0 Å². The van der Waals surface area contributed by atoms with Crippen molar-refractivity contribution in [3.63, 3.8) is 0 Å². The molecule has 5 nitrogen and oxygen atoms in total. The highest BCUT2D eigenvalue weighted by atomic mass is 16.1. The highest BCUT2D eigenvalue weighted by Crippen LogP contribution is 2.12. The second-order valence-electron chi connectivity index (χ2n) is 3.85. The van der Waals surface area contributed by atoms with E-state index in [0.717, 1.165) is 31.7 Å². The first-order valence-electron chi connectivity index (χ1n) is 5.87. The van der Waals surface area contributed by atoms with Gasteiger partial charge in [-0.25, -0.2) is 4.98 Å². The number of primary amides is 1. The van der Waals surface area contributed by atoms with Crippen LogP contribution in [-0.4, -0.2) is 30.5 Å². The van der Waals surface area contributed by atoms with Gasteiger partial charge in [0.1, 0.15) is 5.82 Å². The highest BCUT2D eigenvalue weighted by molar-refractivity contribution is 5.97. The van der Waals surface area contributed by atoms with Crippen LogP contribution < -0.4 is 16.4 Å². The van der Waals surface area contributed by atoms with Crippen LogP contribution in [0.1, 0.15) is 29.4 Å². The maximum Gasteiger partial charge on any atom is 0.252 e. The Hall–Kier alpha value is -1.62. The molecule has 5 heteroatoms. The second kappa shape index (κ2) is 6.85. The summed E-state index contributed by atoms with van der Waals surface area (Å²) in [6.07, 6.45) is 0.974. The molecule has 0 aliphatic rings. The molecular weight excluding hydrogens is 216 g/mol. The number of nitrogens with two attached hydrogens (primary N) is 1. The van der Waals surface area contributed by atoms with E-state index in [4.69, 9.17) is 5.73 Å². The molecule has 0 radical (unpaired) electrons. The van der Waals surface area contributed by atoms with Gasteiger partial charge in [0, 0.05) is 12.2 Å². The molecule has 94 valence electrons. The lowest BCUT2D eigenvalue weighted by atomic mass is 10.2. The van der Waals surface area contributed by atoms with Crippen molar-refractivity contribution in [3.05, 3.63) is 23.4 Å². The van der Waals surface area contributed by atoms with Crippen LogP contribution in [0.5, 0.6) is 0 Å². The van der Waals surface area contributed by atoms with Gasteiger partial charge in [0.2, 0.25) is 0 Å². The smallest absolute Gasteiger partial charge is 0.252 e. The lowest BCUT2D eigenvalue weighted by Gasteiger charge is -2.09. The first-order valence-corrected chi connectivity index (χ1v) is 5.87. The van der Waals surface area contributed by atoms with E-state index in [2.05, 4.69) is 22.5 Å². The molecule has 0 aromatic carbocycles. The number of carbonyl (C=O) groups excluding carboxylic acids is 1. The molecule has 1 amide bonds. The van der Waals surface area contributed by atoms with Gasteiger partial charge in [-0.15, -0.1) is 0 Å². The largest absolute Gasteiger partial charge is 0.369 e. The zero-order valence-corrected chi connectivity index (χ0v) is 10.4. The fourth-order valence-corrected chi connectivity index (χ4v) is 1.49. The SMILES string of the molecule is CCNCCCNc1nc(C)ccc1C(N)=O. The monoisotopic (exact) mass is 236 g/mol. The fraction of sp³-hybridized carbons (Fsp3) is 0.500. The van der Waals surface area contributed by atoms with E-state index < -0.39 is 5.91 Å². The predicted octanol–water partition coefficient (Wildman–Crippen LogP) is 0.900. The van der Waals surface area contributed by atoms with Crippen LogP contribution in [0.3, 0.4) is 0 Å². The maximum absolute atomic E-state index is 11.2. The van der Waals surface area contributed by atoms with Crippen LogP contribution in [-0.2, 0) is 0 Å². The second-order valence-corrected chi connectivity index (χ2v) is 3.85. The summed E-state index contributed by atoms with van der Waals surface area (Å²) in [5.74, 6) is 0.126. The van der Waals surface area contributed by atoms with Crippen LogP contribution in [0.25, 0.3) is 0 Å². The number of pyridine rings is 1. The third-order valence-corrected chi connectivity index (χ3v) is 2.37. The van der Waals surface area contributed by atoms with Gasteiger partial charge < -0.3 is 16.4 Å². The van der Waals surface area contributed by atoms with Gasteiger partial charge in [-0.2, -0.15) is 0 Å². The van der Waals surface area contributed by atoms with Crippen molar-refractivity contribution in [3.8, 4) is 0 Å². The minimum absolute atomic E-state index is 0.444. The average molecular weight is 236 g/mol. The molecule has 0 aliphatic carbocycles. The molecule has 0 fully saturated rings. The molecular formula is C12H20N4O. The number of hydrogen-bond acceptors (Lipinski definition) is 4. The lowest BCUT2D eigenvalue weighted by molar-refractivity contribution is 0.100. The molecule has 4 N–H and O–H groups in total. The summed E-state index contributed by atoms with van der Waals surface area (Å²) in [7, 11) is 0. The van der Waals surface area contributed by atoms with Crippen LogP contribution in [0.2, 0.25) is 0 Å². The van der Waals surface area contributed by atoms with Crippen molar-refractivity contribution in [1.29, 1.82) is 0 Å². The van der Waals surface area contributed by atoms with Gasteiger partial charge in [-0.3, -0.25) is 4.79 Å². The lowest BCUT2D eigenvalue weighted by Crippen LogP contribution is -2.19. The van der Waals surface area contributed by atoms with Crippen LogP contribution in [0.15, 0.2) is 12.1 Å². The summed E-state index contributed by atoms with van der Waals surface area (Å²) in [6.45, 7) is 6.63. The normalized spacial score (nSPS) is 10.2. The number of anilines is 1. The molecule has 0 bridgehead atoms. The first-order chi connectivity index (χ1) is 8.15. The Morgan fingerprint density at radius 2 is 2.18 bits per heavy atom. The summed E-state index contributed by atoms with van der Waals surface area (Å²) in [5.41, 5.74) is 6.59. The number of rotatable bonds is 7. The summed E-state index contributed by atoms with van der Waals surface area (Å²) >= 11 is 0. The number of amides is 1.